The second kappa shape index (κ2) is 5.22. The Morgan fingerprint density at radius 1 is 1.24 bits per heavy atom. The summed E-state index contributed by atoms with van der Waals surface area (Å²) < 4.78 is 15.1. The van der Waals surface area contributed by atoms with Crippen molar-refractivity contribution < 1.29 is 14.3 Å². The largest absolute Gasteiger partial charge is 0.478 e. The van der Waals surface area contributed by atoms with E-state index in [1.807, 2.05) is 12.1 Å². The number of rotatable bonds is 3. The second-order valence-electron chi connectivity index (χ2n) is 4.73. The molecule has 3 aromatic rings. The van der Waals surface area contributed by atoms with Gasteiger partial charge in [-0.2, -0.15) is 0 Å². The van der Waals surface area contributed by atoms with Crippen LogP contribution >= 0.6 is 11.6 Å². The van der Waals surface area contributed by atoms with E-state index in [4.69, 9.17) is 11.6 Å². The van der Waals surface area contributed by atoms with Crippen LogP contribution < -0.4 is 0 Å². The number of fused-ring (bicyclic) bond motifs is 1. The first-order chi connectivity index (χ1) is 10.1. The monoisotopic (exact) mass is 303 g/mol. The van der Waals surface area contributed by atoms with Gasteiger partial charge in [0, 0.05) is 28.7 Å². The molecule has 106 valence electrons. The molecular weight excluding hydrogens is 293 g/mol. The maximum absolute atomic E-state index is 13.3. The van der Waals surface area contributed by atoms with Crippen LogP contribution in [0.2, 0.25) is 5.02 Å². The molecule has 0 radical (unpaired) electrons. The molecule has 0 saturated carbocycles. The molecule has 0 bridgehead atoms. The first kappa shape index (κ1) is 13.6. The van der Waals surface area contributed by atoms with E-state index in [0.29, 0.717) is 22.5 Å². The number of aromatic nitrogens is 1. The van der Waals surface area contributed by atoms with Crippen molar-refractivity contribution in [2.24, 2.45) is 0 Å². The van der Waals surface area contributed by atoms with Crippen LogP contribution in [0.1, 0.15) is 15.9 Å². The van der Waals surface area contributed by atoms with E-state index in [0.717, 1.165) is 5.52 Å². The molecule has 0 aliphatic carbocycles. The molecule has 0 amide bonds. The fourth-order valence-corrected chi connectivity index (χ4v) is 2.57. The molecule has 5 heteroatoms. The average molecular weight is 304 g/mol. The molecule has 21 heavy (non-hydrogen) atoms. The van der Waals surface area contributed by atoms with Gasteiger partial charge in [-0.1, -0.05) is 29.8 Å². The van der Waals surface area contributed by atoms with Gasteiger partial charge >= 0.3 is 5.97 Å². The predicted molar refractivity (Wildman–Crippen MR) is 79.4 cm³/mol. The number of carboxylic acids is 1. The van der Waals surface area contributed by atoms with Crippen LogP contribution in [0.4, 0.5) is 4.39 Å². The zero-order chi connectivity index (χ0) is 15.0. The smallest absolute Gasteiger partial charge is 0.337 e. The first-order valence-corrected chi connectivity index (χ1v) is 6.69. The molecule has 0 atom stereocenters. The highest BCUT2D eigenvalue weighted by Gasteiger charge is 2.14. The molecule has 0 spiro atoms. The number of hydrogen-bond donors (Lipinski definition) is 1. The molecule has 3 rings (SSSR count). The van der Waals surface area contributed by atoms with Gasteiger partial charge in [0.05, 0.1) is 5.56 Å². The lowest BCUT2D eigenvalue weighted by atomic mass is 10.2. The normalized spacial score (nSPS) is 11.0. The first-order valence-electron chi connectivity index (χ1n) is 6.31. The lowest BCUT2D eigenvalue weighted by Crippen LogP contribution is -2.00. The summed E-state index contributed by atoms with van der Waals surface area (Å²) in [6.45, 7) is 0.310. The summed E-state index contributed by atoms with van der Waals surface area (Å²) in [5, 5.41) is 10.4. The molecular formula is C16H11ClFNO2. The highest BCUT2D eigenvalue weighted by atomic mass is 35.5. The van der Waals surface area contributed by atoms with Crippen LogP contribution in [0.25, 0.3) is 10.9 Å². The molecule has 0 unspecified atom stereocenters. The summed E-state index contributed by atoms with van der Waals surface area (Å²) in [6.07, 6.45) is 1.55. The maximum atomic E-state index is 13.3. The average Bonchev–Trinajstić information content (AvgIpc) is 2.82. The number of halogens is 2. The standard InChI is InChI=1S/C16H11ClFNO2/c17-14-6-5-11(18)7-10(14)8-19-9-13(16(20)21)12-3-1-2-4-15(12)19/h1-7,9H,8H2,(H,20,21). The second-order valence-corrected chi connectivity index (χ2v) is 5.14. The zero-order valence-corrected chi connectivity index (χ0v) is 11.6. The summed E-state index contributed by atoms with van der Waals surface area (Å²) in [5.41, 5.74) is 1.60. The van der Waals surface area contributed by atoms with Gasteiger partial charge in [0.1, 0.15) is 5.82 Å². The van der Waals surface area contributed by atoms with Crippen molar-refractivity contribution in [2.75, 3.05) is 0 Å². The SMILES string of the molecule is O=C(O)c1cn(Cc2cc(F)ccc2Cl)c2ccccc12. The Morgan fingerprint density at radius 2 is 2.00 bits per heavy atom. The third-order valence-electron chi connectivity index (χ3n) is 3.37. The molecule has 3 nitrogen and oxygen atoms in total. The van der Waals surface area contributed by atoms with Gasteiger partial charge in [0.2, 0.25) is 0 Å². The van der Waals surface area contributed by atoms with E-state index >= 15 is 0 Å². The third-order valence-corrected chi connectivity index (χ3v) is 3.74. The molecule has 0 aliphatic rings. The molecule has 1 N–H and O–H groups in total. The number of carbonyl (C=O) groups is 1. The van der Waals surface area contributed by atoms with E-state index in [-0.39, 0.29) is 11.4 Å². The van der Waals surface area contributed by atoms with Crippen molar-refractivity contribution in [1.29, 1.82) is 0 Å². The van der Waals surface area contributed by atoms with Gasteiger partial charge in [-0.15, -0.1) is 0 Å². The molecule has 1 aromatic heterocycles. The van der Waals surface area contributed by atoms with Crippen molar-refractivity contribution in [2.45, 2.75) is 6.54 Å². The summed E-state index contributed by atoms with van der Waals surface area (Å²) in [7, 11) is 0. The Balaban J connectivity index is 2.13. The van der Waals surface area contributed by atoms with E-state index in [1.54, 1.807) is 22.9 Å². The van der Waals surface area contributed by atoms with Crippen molar-refractivity contribution in [3.63, 3.8) is 0 Å². The quantitative estimate of drug-likeness (QED) is 0.788. The molecule has 0 saturated heterocycles. The summed E-state index contributed by atoms with van der Waals surface area (Å²) in [6, 6.07) is 11.3. The lowest BCUT2D eigenvalue weighted by Gasteiger charge is -2.07. The van der Waals surface area contributed by atoms with Crippen LogP contribution in [-0.2, 0) is 6.54 Å². The van der Waals surface area contributed by atoms with Gasteiger partial charge in [0.25, 0.3) is 0 Å². The highest BCUT2D eigenvalue weighted by molar-refractivity contribution is 6.31. The Kier molecular flexibility index (Phi) is 3.39. The Morgan fingerprint density at radius 3 is 2.76 bits per heavy atom. The summed E-state index contributed by atoms with van der Waals surface area (Å²) >= 11 is 6.07. The summed E-state index contributed by atoms with van der Waals surface area (Å²) in [5.74, 6) is -1.36. The lowest BCUT2D eigenvalue weighted by molar-refractivity contribution is 0.0699. The van der Waals surface area contributed by atoms with Gasteiger partial charge in [-0.25, -0.2) is 9.18 Å². The number of benzene rings is 2. The van der Waals surface area contributed by atoms with E-state index in [1.165, 1.54) is 18.2 Å². The zero-order valence-electron chi connectivity index (χ0n) is 10.9. The topological polar surface area (TPSA) is 42.2 Å². The Labute approximate surface area is 125 Å². The third kappa shape index (κ3) is 2.50. The number of nitrogens with zero attached hydrogens (tertiary/aromatic N) is 1. The minimum absolute atomic E-state index is 0.220. The van der Waals surface area contributed by atoms with Crippen molar-refractivity contribution in [1.82, 2.24) is 4.57 Å². The fourth-order valence-electron chi connectivity index (χ4n) is 2.40. The predicted octanol–water partition coefficient (Wildman–Crippen LogP) is 4.18. The van der Waals surface area contributed by atoms with E-state index < -0.39 is 5.97 Å². The molecule has 2 aromatic carbocycles. The number of hydrogen-bond acceptors (Lipinski definition) is 1. The number of para-hydroxylation sites is 1. The van der Waals surface area contributed by atoms with Gasteiger partial charge < -0.3 is 9.67 Å². The highest BCUT2D eigenvalue weighted by Crippen LogP contribution is 2.25. The molecule has 1 heterocycles. The van der Waals surface area contributed by atoms with Gasteiger partial charge in [-0.3, -0.25) is 0 Å². The van der Waals surface area contributed by atoms with Crippen molar-refractivity contribution in [3.05, 3.63) is 70.6 Å². The Bertz CT molecular complexity index is 841. The van der Waals surface area contributed by atoms with Crippen LogP contribution in [-0.4, -0.2) is 15.6 Å². The minimum Gasteiger partial charge on any atom is -0.478 e. The minimum atomic E-state index is -0.990. The van der Waals surface area contributed by atoms with Crippen LogP contribution in [0.3, 0.4) is 0 Å². The number of carboxylic acid groups (broad SMARTS) is 1. The van der Waals surface area contributed by atoms with E-state index in [9.17, 15) is 14.3 Å². The molecule has 0 fully saturated rings. The number of aromatic carboxylic acids is 1. The van der Waals surface area contributed by atoms with Gasteiger partial charge in [-0.05, 0) is 29.8 Å². The van der Waals surface area contributed by atoms with Crippen LogP contribution in [0.15, 0.2) is 48.7 Å². The van der Waals surface area contributed by atoms with Crippen molar-refractivity contribution in [3.8, 4) is 0 Å². The Hall–Kier alpha value is -2.33. The maximum Gasteiger partial charge on any atom is 0.337 e. The molecule has 0 aliphatic heterocycles. The van der Waals surface area contributed by atoms with Crippen LogP contribution in [0.5, 0.6) is 0 Å². The van der Waals surface area contributed by atoms with E-state index in [2.05, 4.69) is 0 Å². The summed E-state index contributed by atoms with van der Waals surface area (Å²) in [4.78, 5) is 11.3. The van der Waals surface area contributed by atoms with Crippen molar-refractivity contribution >= 4 is 28.5 Å². The van der Waals surface area contributed by atoms with Gasteiger partial charge in [0.15, 0.2) is 0 Å². The fraction of sp³-hybridized carbons (Fsp3) is 0.0625. The van der Waals surface area contributed by atoms with Crippen LogP contribution in [0, 0.1) is 5.82 Å².